The lowest BCUT2D eigenvalue weighted by Crippen LogP contribution is -2.27. The molecule has 32 heavy (non-hydrogen) atoms. The highest BCUT2D eigenvalue weighted by Crippen LogP contribution is 2.45. The van der Waals surface area contributed by atoms with Crippen LogP contribution >= 0.6 is 0 Å². The molecule has 2 aliphatic carbocycles. The molecule has 2 fully saturated rings. The molecule has 0 N–H and O–H groups in total. The summed E-state index contributed by atoms with van der Waals surface area (Å²) in [6.07, 6.45) is 14.3. The largest absolute Gasteiger partial charge is 0.0683 e. The van der Waals surface area contributed by atoms with Crippen molar-refractivity contribution in [3.05, 3.63) is 59.7 Å². The van der Waals surface area contributed by atoms with Crippen LogP contribution < -0.4 is 0 Å². The van der Waals surface area contributed by atoms with Crippen molar-refractivity contribution in [2.45, 2.75) is 102 Å². The molecule has 2 aliphatic rings. The van der Waals surface area contributed by atoms with Gasteiger partial charge in [0.05, 0.1) is 0 Å². The SMILES string of the molecule is CCCc1ccc(-c2ccc(C3CCC(C4CCC(C(C)[SiH2]CC)CC4)CC3)cc2)cc1. The maximum Gasteiger partial charge on any atom is 0.0229 e. The van der Waals surface area contributed by atoms with Gasteiger partial charge >= 0.3 is 0 Å². The van der Waals surface area contributed by atoms with Gasteiger partial charge in [0.2, 0.25) is 0 Å². The molecule has 0 bridgehead atoms. The molecule has 1 unspecified atom stereocenters. The average Bonchev–Trinajstić information content (AvgIpc) is 2.85. The number of hydrogen-bond donors (Lipinski definition) is 0. The maximum absolute atomic E-state index is 2.57. The maximum atomic E-state index is 2.57. The van der Waals surface area contributed by atoms with Crippen molar-refractivity contribution in [3.8, 4) is 11.1 Å². The first-order chi connectivity index (χ1) is 15.7. The zero-order valence-corrected chi connectivity index (χ0v) is 22.4. The van der Waals surface area contributed by atoms with Crippen molar-refractivity contribution in [2.75, 3.05) is 0 Å². The van der Waals surface area contributed by atoms with Gasteiger partial charge in [-0.1, -0.05) is 100 Å². The Morgan fingerprint density at radius 2 is 1.25 bits per heavy atom. The van der Waals surface area contributed by atoms with E-state index in [0.717, 1.165) is 29.2 Å². The van der Waals surface area contributed by atoms with Crippen molar-refractivity contribution in [2.24, 2.45) is 17.8 Å². The molecule has 1 atom stereocenters. The highest BCUT2D eigenvalue weighted by Gasteiger charge is 2.32. The molecule has 0 aliphatic heterocycles. The molecule has 2 aromatic carbocycles. The third-order valence-electron chi connectivity index (χ3n) is 9.01. The summed E-state index contributed by atoms with van der Waals surface area (Å²) in [7, 11) is 0.200. The minimum atomic E-state index is 0.200. The van der Waals surface area contributed by atoms with Crippen LogP contribution in [0.4, 0.5) is 0 Å². The van der Waals surface area contributed by atoms with Crippen LogP contribution in [0.5, 0.6) is 0 Å². The van der Waals surface area contributed by atoms with E-state index in [9.17, 15) is 0 Å². The molecule has 0 nitrogen and oxygen atoms in total. The number of aryl methyl sites for hydroxylation is 1. The van der Waals surface area contributed by atoms with E-state index in [-0.39, 0.29) is 9.52 Å². The van der Waals surface area contributed by atoms with Crippen LogP contribution in [0.1, 0.15) is 95.6 Å². The normalized spacial score (nSPS) is 27.6. The first-order valence-corrected chi connectivity index (χ1v) is 15.7. The van der Waals surface area contributed by atoms with E-state index >= 15 is 0 Å². The minimum Gasteiger partial charge on any atom is -0.0683 e. The fraction of sp³-hybridized carbons (Fsp3) is 0.613. The molecule has 0 saturated heterocycles. The molecule has 174 valence electrons. The lowest BCUT2D eigenvalue weighted by molar-refractivity contribution is 0.158. The Labute approximate surface area is 200 Å². The van der Waals surface area contributed by atoms with E-state index in [2.05, 4.69) is 69.3 Å². The average molecular weight is 447 g/mol. The Morgan fingerprint density at radius 3 is 1.78 bits per heavy atom. The second-order valence-electron chi connectivity index (χ2n) is 11.1. The number of hydrogen-bond acceptors (Lipinski definition) is 0. The van der Waals surface area contributed by atoms with Gasteiger partial charge in [-0.2, -0.15) is 0 Å². The molecule has 0 radical (unpaired) electrons. The van der Waals surface area contributed by atoms with Gasteiger partial charge < -0.3 is 0 Å². The highest BCUT2D eigenvalue weighted by atomic mass is 28.2. The van der Waals surface area contributed by atoms with Crippen LogP contribution in [0.3, 0.4) is 0 Å². The lowest BCUT2D eigenvalue weighted by atomic mass is 9.68. The highest BCUT2D eigenvalue weighted by molar-refractivity contribution is 6.37. The predicted molar refractivity (Wildman–Crippen MR) is 144 cm³/mol. The van der Waals surface area contributed by atoms with Gasteiger partial charge in [-0.25, -0.2) is 0 Å². The van der Waals surface area contributed by atoms with Crippen molar-refractivity contribution in [3.63, 3.8) is 0 Å². The van der Waals surface area contributed by atoms with E-state index in [1.165, 1.54) is 74.1 Å². The molecule has 0 amide bonds. The molecule has 1 heteroatoms. The standard InChI is InChI=1S/C31H46Si/c1-4-6-24-7-9-26(10-8-24)28-15-17-30(18-16-28)31-21-19-29(20-22-31)27-13-11-25(12-14-27)23(3)32-5-2/h7-10,15-18,23,25,27,29,31H,4-6,11-14,19-22,32H2,1-3H3. The summed E-state index contributed by atoms with van der Waals surface area (Å²) in [6.45, 7) is 7.23. The smallest absolute Gasteiger partial charge is 0.0229 e. The van der Waals surface area contributed by atoms with Gasteiger partial charge in [0, 0.05) is 9.52 Å². The third-order valence-corrected chi connectivity index (χ3v) is 11.2. The Morgan fingerprint density at radius 1 is 0.719 bits per heavy atom. The van der Waals surface area contributed by atoms with Crippen LogP contribution in [0.25, 0.3) is 11.1 Å². The Hall–Kier alpha value is -1.34. The quantitative estimate of drug-likeness (QED) is 0.355. The van der Waals surface area contributed by atoms with Crippen LogP contribution in [0.15, 0.2) is 48.5 Å². The van der Waals surface area contributed by atoms with E-state index in [1.807, 2.05) is 0 Å². The van der Waals surface area contributed by atoms with Gasteiger partial charge in [0.25, 0.3) is 0 Å². The van der Waals surface area contributed by atoms with Crippen molar-refractivity contribution in [1.82, 2.24) is 0 Å². The van der Waals surface area contributed by atoms with Crippen LogP contribution in [-0.2, 0) is 6.42 Å². The topological polar surface area (TPSA) is 0 Å². The third kappa shape index (κ3) is 5.96. The summed E-state index contributed by atoms with van der Waals surface area (Å²) in [4.78, 5) is 0. The summed E-state index contributed by atoms with van der Waals surface area (Å²) in [6, 6.07) is 20.3. The Balaban J connectivity index is 1.26. The van der Waals surface area contributed by atoms with Crippen LogP contribution in [-0.4, -0.2) is 9.52 Å². The first kappa shape index (κ1) is 23.8. The zero-order chi connectivity index (χ0) is 22.3. The second kappa shape index (κ2) is 11.7. The Bertz CT molecular complexity index is 789. The molecular weight excluding hydrogens is 400 g/mol. The van der Waals surface area contributed by atoms with Crippen LogP contribution in [0, 0.1) is 17.8 Å². The zero-order valence-electron chi connectivity index (χ0n) is 21.0. The van der Waals surface area contributed by atoms with Gasteiger partial charge in [0.15, 0.2) is 0 Å². The molecular formula is C31H46Si. The molecule has 2 aromatic rings. The molecule has 4 rings (SSSR count). The van der Waals surface area contributed by atoms with Gasteiger partial charge in [-0.05, 0) is 90.9 Å². The summed E-state index contributed by atoms with van der Waals surface area (Å²) in [5, 5.41) is 0. The summed E-state index contributed by atoms with van der Waals surface area (Å²) in [5.41, 5.74) is 6.84. The summed E-state index contributed by atoms with van der Waals surface area (Å²) < 4.78 is 0. The fourth-order valence-corrected chi connectivity index (χ4v) is 8.75. The summed E-state index contributed by atoms with van der Waals surface area (Å²) in [5.74, 6) is 3.93. The number of benzene rings is 2. The van der Waals surface area contributed by atoms with E-state index in [4.69, 9.17) is 0 Å². The van der Waals surface area contributed by atoms with E-state index < -0.39 is 0 Å². The minimum absolute atomic E-state index is 0.200. The molecule has 0 aromatic heterocycles. The van der Waals surface area contributed by atoms with Crippen molar-refractivity contribution >= 4 is 9.52 Å². The second-order valence-corrected chi connectivity index (χ2v) is 14.0. The molecule has 2 saturated carbocycles. The molecule has 0 spiro atoms. The fourth-order valence-electron chi connectivity index (χ4n) is 6.90. The van der Waals surface area contributed by atoms with Crippen molar-refractivity contribution in [1.29, 1.82) is 0 Å². The first-order valence-electron chi connectivity index (χ1n) is 13.9. The van der Waals surface area contributed by atoms with Crippen molar-refractivity contribution < 1.29 is 0 Å². The summed E-state index contributed by atoms with van der Waals surface area (Å²) >= 11 is 0. The van der Waals surface area contributed by atoms with Crippen LogP contribution in [0.2, 0.25) is 11.6 Å². The van der Waals surface area contributed by atoms with Gasteiger partial charge in [-0.3, -0.25) is 0 Å². The monoisotopic (exact) mass is 446 g/mol. The predicted octanol–water partition coefficient (Wildman–Crippen LogP) is 8.80. The van der Waals surface area contributed by atoms with E-state index in [1.54, 1.807) is 18.4 Å². The van der Waals surface area contributed by atoms with Gasteiger partial charge in [0.1, 0.15) is 0 Å². The van der Waals surface area contributed by atoms with Gasteiger partial charge in [-0.15, -0.1) is 0 Å². The van der Waals surface area contributed by atoms with E-state index in [0.29, 0.717) is 0 Å². The number of rotatable bonds is 8. The Kier molecular flexibility index (Phi) is 8.69. The molecule has 0 heterocycles. The lowest BCUT2D eigenvalue weighted by Gasteiger charge is -2.39.